The van der Waals surface area contributed by atoms with E-state index in [0.717, 1.165) is 37.3 Å². The Morgan fingerprint density at radius 1 is 1.50 bits per heavy atom. The summed E-state index contributed by atoms with van der Waals surface area (Å²) in [5.74, 6) is 1.13. The van der Waals surface area contributed by atoms with Gasteiger partial charge in [0.2, 0.25) is 0 Å². The van der Waals surface area contributed by atoms with Crippen molar-refractivity contribution in [1.29, 1.82) is 5.26 Å². The minimum Gasteiger partial charge on any atom is -0.381 e. The van der Waals surface area contributed by atoms with Gasteiger partial charge in [0.1, 0.15) is 16.3 Å². The molecule has 2 aromatic rings. The number of nitriles is 1. The van der Waals surface area contributed by atoms with E-state index in [2.05, 4.69) is 31.4 Å². The third kappa shape index (κ3) is 4.45. The third-order valence-electron chi connectivity index (χ3n) is 4.49. The molecule has 0 spiro atoms. The number of pyridine rings is 1. The standard InChI is InChI=1S/C17H23N7OS/c1-12-8-15(14(9-18)17(26)19-12)24-6-3-4-13(10-24)11-25-7-5-16-20-22-23(2)21-16/h8,13H,3-7,10-11H2,1-2H3,(H,19,26)/t13-/m0/s1. The largest absolute Gasteiger partial charge is 0.381 e. The van der Waals surface area contributed by atoms with Gasteiger partial charge in [-0.2, -0.15) is 10.1 Å². The van der Waals surface area contributed by atoms with Gasteiger partial charge in [-0.05, 0) is 37.0 Å². The molecule has 9 heteroatoms. The lowest BCUT2D eigenvalue weighted by Crippen LogP contribution is -2.38. The average molecular weight is 373 g/mol. The molecular weight excluding hydrogens is 350 g/mol. The smallest absolute Gasteiger partial charge is 0.177 e. The first-order valence-electron chi connectivity index (χ1n) is 8.76. The molecule has 26 heavy (non-hydrogen) atoms. The molecule has 0 radical (unpaired) electrons. The van der Waals surface area contributed by atoms with Crippen molar-refractivity contribution in [3.63, 3.8) is 0 Å². The Kier molecular flexibility index (Phi) is 5.96. The van der Waals surface area contributed by atoms with Crippen LogP contribution in [-0.2, 0) is 18.2 Å². The van der Waals surface area contributed by atoms with Gasteiger partial charge in [-0.1, -0.05) is 12.2 Å². The lowest BCUT2D eigenvalue weighted by Gasteiger charge is -2.35. The first-order chi connectivity index (χ1) is 12.6. The Bertz CT molecular complexity index is 854. The summed E-state index contributed by atoms with van der Waals surface area (Å²) < 4.78 is 6.35. The molecule has 2 aromatic heterocycles. The molecule has 0 saturated carbocycles. The highest BCUT2D eigenvalue weighted by atomic mass is 32.1. The van der Waals surface area contributed by atoms with Gasteiger partial charge in [0.25, 0.3) is 0 Å². The van der Waals surface area contributed by atoms with E-state index in [1.807, 2.05) is 13.0 Å². The zero-order valence-electron chi connectivity index (χ0n) is 15.1. The van der Waals surface area contributed by atoms with Crippen LogP contribution in [0, 0.1) is 28.8 Å². The van der Waals surface area contributed by atoms with Crippen LogP contribution >= 0.6 is 12.2 Å². The fourth-order valence-electron chi connectivity index (χ4n) is 3.29. The number of nitrogens with one attached hydrogen (secondary N) is 1. The van der Waals surface area contributed by atoms with Crippen LogP contribution in [0.2, 0.25) is 0 Å². The molecule has 138 valence electrons. The van der Waals surface area contributed by atoms with Crippen molar-refractivity contribution in [3.05, 3.63) is 27.8 Å². The first kappa shape index (κ1) is 18.5. The zero-order valence-corrected chi connectivity index (χ0v) is 15.9. The van der Waals surface area contributed by atoms with Gasteiger partial charge >= 0.3 is 0 Å². The molecule has 0 unspecified atom stereocenters. The molecule has 1 aliphatic rings. The number of nitrogens with zero attached hydrogens (tertiary/aromatic N) is 6. The summed E-state index contributed by atoms with van der Waals surface area (Å²) in [6, 6.07) is 4.26. The van der Waals surface area contributed by atoms with E-state index in [1.165, 1.54) is 4.80 Å². The number of H-pyrrole nitrogens is 1. The molecule has 0 bridgehead atoms. The van der Waals surface area contributed by atoms with E-state index in [4.69, 9.17) is 17.0 Å². The van der Waals surface area contributed by atoms with Gasteiger partial charge in [0.05, 0.1) is 25.9 Å². The summed E-state index contributed by atoms with van der Waals surface area (Å²) in [5, 5.41) is 21.4. The Morgan fingerprint density at radius 2 is 2.35 bits per heavy atom. The fraction of sp³-hybridized carbons (Fsp3) is 0.588. The molecular formula is C17H23N7OS. The van der Waals surface area contributed by atoms with E-state index in [-0.39, 0.29) is 0 Å². The van der Waals surface area contributed by atoms with Crippen molar-refractivity contribution in [1.82, 2.24) is 25.2 Å². The van der Waals surface area contributed by atoms with Crippen molar-refractivity contribution in [3.8, 4) is 6.07 Å². The second kappa shape index (κ2) is 8.38. The summed E-state index contributed by atoms with van der Waals surface area (Å²) in [4.78, 5) is 6.77. The van der Waals surface area contributed by atoms with Crippen LogP contribution in [0.3, 0.4) is 0 Å². The van der Waals surface area contributed by atoms with E-state index in [0.29, 0.717) is 41.6 Å². The molecule has 0 amide bonds. The molecule has 3 heterocycles. The average Bonchev–Trinajstić information content (AvgIpc) is 3.04. The molecule has 8 nitrogen and oxygen atoms in total. The van der Waals surface area contributed by atoms with Gasteiger partial charge in [0, 0.05) is 25.2 Å². The van der Waals surface area contributed by atoms with Crippen LogP contribution in [0.1, 0.15) is 29.9 Å². The topological polar surface area (TPSA) is 95.7 Å². The zero-order chi connectivity index (χ0) is 18.5. The molecule has 1 saturated heterocycles. The molecule has 0 aliphatic carbocycles. The number of anilines is 1. The number of hydrogen-bond acceptors (Lipinski definition) is 7. The molecule has 3 rings (SSSR count). The quantitative estimate of drug-likeness (QED) is 0.610. The first-order valence-corrected chi connectivity index (χ1v) is 9.17. The van der Waals surface area contributed by atoms with Crippen LogP contribution < -0.4 is 4.90 Å². The van der Waals surface area contributed by atoms with Crippen molar-refractivity contribution in [2.75, 3.05) is 31.2 Å². The van der Waals surface area contributed by atoms with Crippen LogP contribution in [0.15, 0.2) is 6.07 Å². The number of aromatic amines is 1. The number of piperidine rings is 1. The van der Waals surface area contributed by atoms with Crippen LogP contribution in [0.5, 0.6) is 0 Å². The molecule has 1 aliphatic heterocycles. The van der Waals surface area contributed by atoms with Gasteiger partial charge in [-0.3, -0.25) is 0 Å². The van der Waals surface area contributed by atoms with E-state index < -0.39 is 0 Å². The number of aryl methyl sites for hydroxylation is 2. The number of ether oxygens (including phenoxy) is 1. The molecule has 1 fully saturated rings. The summed E-state index contributed by atoms with van der Waals surface area (Å²) in [5.41, 5.74) is 2.46. The second-order valence-electron chi connectivity index (χ2n) is 6.63. The maximum absolute atomic E-state index is 9.46. The SMILES string of the molecule is Cc1cc(N2CCC[C@H](COCCc3nnn(C)n3)C2)c(C#N)c(=S)[nH]1. The maximum atomic E-state index is 9.46. The molecule has 0 aromatic carbocycles. The van der Waals surface area contributed by atoms with E-state index in [1.54, 1.807) is 7.05 Å². The normalized spacial score (nSPS) is 17.3. The summed E-state index contributed by atoms with van der Waals surface area (Å²) in [7, 11) is 1.75. The number of rotatable bonds is 6. The van der Waals surface area contributed by atoms with Crippen LogP contribution in [0.25, 0.3) is 0 Å². The Hall–Kier alpha value is -2.31. The predicted octanol–water partition coefficient (Wildman–Crippen LogP) is 1.92. The Labute approximate surface area is 157 Å². The van der Waals surface area contributed by atoms with Crippen molar-refractivity contribution in [2.45, 2.75) is 26.2 Å². The highest BCUT2D eigenvalue weighted by molar-refractivity contribution is 7.71. The van der Waals surface area contributed by atoms with Crippen molar-refractivity contribution in [2.24, 2.45) is 13.0 Å². The summed E-state index contributed by atoms with van der Waals surface area (Å²) in [6.45, 7) is 5.05. The number of aromatic nitrogens is 5. The highest BCUT2D eigenvalue weighted by Crippen LogP contribution is 2.27. The van der Waals surface area contributed by atoms with E-state index >= 15 is 0 Å². The lowest BCUT2D eigenvalue weighted by atomic mass is 9.98. The monoisotopic (exact) mass is 373 g/mol. The minimum atomic E-state index is 0.433. The van der Waals surface area contributed by atoms with Crippen LogP contribution in [0.4, 0.5) is 5.69 Å². The van der Waals surface area contributed by atoms with Crippen molar-refractivity contribution >= 4 is 17.9 Å². The number of hydrogen-bond donors (Lipinski definition) is 1. The minimum absolute atomic E-state index is 0.433. The lowest BCUT2D eigenvalue weighted by molar-refractivity contribution is 0.0949. The van der Waals surface area contributed by atoms with Gasteiger partial charge in [-0.15, -0.1) is 10.2 Å². The highest BCUT2D eigenvalue weighted by Gasteiger charge is 2.23. The molecule has 1 N–H and O–H groups in total. The van der Waals surface area contributed by atoms with Crippen molar-refractivity contribution < 1.29 is 4.74 Å². The van der Waals surface area contributed by atoms with E-state index in [9.17, 15) is 5.26 Å². The Balaban J connectivity index is 1.56. The van der Waals surface area contributed by atoms with Crippen LogP contribution in [-0.4, -0.2) is 51.5 Å². The van der Waals surface area contributed by atoms with Gasteiger partial charge < -0.3 is 14.6 Å². The maximum Gasteiger partial charge on any atom is 0.177 e. The molecule has 1 atom stereocenters. The summed E-state index contributed by atoms with van der Waals surface area (Å²) >= 11 is 5.31. The second-order valence-corrected chi connectivity index (χ2v) is 7.04. The van der Waals surface area contributed by atoms with Gasteiger partial charge in [0.15, 0.2) is 5.82 Å². The number of tetrazole rings is 1. The fourth-order valence-corrected chi connectivity index (χ4v) is 3.60. The summed E-state index contributed by atoms with van der Waals surface area (Å²) in [6.07, 6.45) is 2.87. The van der Waals surface area contributed by atoms with Gasteiger partial charge in [-0.25, -0.2) is 0 Å². The third-order valence-corrected chi connectivity index (χ3v) is 4.80. The predicted molar refractivity (Wildman–Crippen MR) is 99.3 cm³/mol. The Morgan fingerprint density at radius 3 is 3.08 bits per heavy atom.